The van der Waals surface area contributed by atoms with Crippen LogP contribution in [-0.4, -0.2) is 5.97 Å². The summed E-state index contributed by atoms with van der Waals surface area (Å²) in [4.78, 5) is 12.4. The fraction of sp³-hybridized carbons (Fsp3) is 0.800. The number of ether oxygens (including phenoxy) is 1. The van der Waals surface area contributed by atoms with Crippen LogP contribution < -0.4 is 0 Å². The van der Waals surface area contributed by atoms with Gasteiger partial charge in [0.05, 0.1) is 5.92 Å². The number of rotatable bonds is 9. The van der Waals surface area contributed by atoms with Gasteiger partial charge in [-0.25, -0.2) is 0 Å². The van der Waals surface area contributed by atoms with E-state index in [4.69, 9.17) is 4.74 Å². The van der Waals surface area contributed by atoms with Gasteiger partial charge in [0.25, 0.3) is 0 Å². The van der Waals surface area contributed by atoms with Crippen LogP contribution in [0.4, 0.5) is 0 Å². The molecular formula is C25H48O2. The lowest BCUT2D eigenvalue weighted by Crippen LogP contribution is -2.22. The summed E-state index contributed by atoms with van der Waals surface area (Å²) in [5, 5.41) is 0. The molecule has 1 fully saturated rings. The highest BCUT2D eigenvalue weighted by Gasteiger charge is 2.26. The van der Waals surface area contributed by atoms with E-state index in [1.807, 2.05) is 34.6 Å². The third-order valence-electron chi connectivity index (χ3n) is 5.51. The summed E-state index contributed by atoms with van der Waals surface area (Å²) in [7, 11) is 0. The quantitative estimate of drug-likeness (QED) is 0.228. The summed E-state index contributed by atoms with van der Waals surface area (Å²) in [6.07, 6.45) is 12.9. The van der Waals surface area contributed by atoms with Crippen molar-refractivity contribution in [2.24, 2.45) is 23.7 Å². The molecule has 2 atom stereocenters. The van der Waals surface area contributed by atoms with Crippen LogP contribution >= 0.6 is 0 Å². The Morgan fingerprint density at radius 1 is 1.07 bits per heavy atom. The van der Waals surface area contributed by atoms with Crippen LogP contribution in [0.2, 0.25) is 0 Å². The van der Waals surface area contributed by atoms with E-state index in [-0.39, 0.29) is 11.9 Å². The lowest BCUT2D eigenvalue weighted by molar-refractivity contribution is -0.144. The zero-order valence-electron chi connectivity index (χ0n) is 19.6. The fourth-order valence-corrected chi connectivity index (χ4v) is 3.70. The zero-order valence-corrected chi connectivity index (χ0v) is 19.6. The maximum Gasteiger partial charge on any atom is 0.314 e. The molecular weight excluding hydrogens is 332 g/mol. The maximum absolute atomic E-state index is 12.4. The molecule has 0 radical (unpaired) electrons. The molecule has 1 aliphatic carbocycles. The van der Waals surface area contributed by atoms with E-state index in [0.717, 1.165) is 43.4 Å². The number of esters is 1. The first-order valence-corrected chi connectivity index (χ1v) is 11.5. The Kier molecular flexibility index (Phi) is 19.1. The second kappa shape index (κ2) is 18.3. The molecule has 2 nitrogen and oxygen atoms in total. The van der Waals surface area contributed by atoms with E-state index >= 15 is 0 Å². The van der Waals surface area contributed by atoms with Gasteiger partial charge >= 0.3 is 5.97 Å². The van der Waals surface area contributed by atoms with E-state index in [0.29, 0.717) is 5.76 Å². The first kappa shape index (κ1) is 28.2. The molecule has 0 aliphatic heterocycles. The molecule has 0 aromatic heterocycles. The van der Waals surface area contributed by atoms with Gasteiger partial charge in [-0.2, -0.15) is 0 Å². The van der Waals surface area contributed by atoms with Crippen molar-refractivity contribution in [3.63, 3.8) is 0 Å². The van der Waals surface area contributed by atoms with Crippen LogP contribution in [0, 0.1) is 23.7 Å². The maximum atomic E-state index is 12.4. The predicted octanol–water partition coefficient (Wildman–Crippen LogP) is 8.33. The molecule has 0 bridgehead atoms. The number of hydrogen-bond acceptors (Lipinski definition) is 2. The molecule has 2 unspecified atom stereocenters. The Hall–Kier alpha value is -1.05. The molecule has 0 saturated heterocycles. The average Bonchev–Trinajstić information content (AvgIpc) is 2.72. The SMILES string of the molecule is C=C/C(=C\C)OC(=O)C(CCC)CCC(C)C1CCC(C)CC1.CC.CC. The Morgan fingerprint density at radius 2 is 1.63 bits per heavy atom. The van der Waals surface area contributed by atoms with Crippen LogP contribution in [0.5, 0.6) is 0 Å². The van der Waals surface area contributed by atoms with Crippen molar-refractivity contribution in [1.82, 2.24) is 0 Å². The largest absolute Gasteiger partial charge is 0.427 e. The lowest BCUT2D eigenvalue weighted by atomic mass is 9.75. The summed E-state index contributed by atoms with van der Waals surface area (Å²) < 4.78 is 5.46. The molecule has 0 heterocycles. The smallest absolute Gasteiger partial charge is 0.314 e. The van der Waals surface area contributed by atoms with E-state index in [1.54, 1.807) is 12.2 Å². The molecule has 2 heteroatoms. The van der Waals surface area contributed by atoms with Gasteiger partial charge < -0.3 is 4.74 Å². The van der Waals surface area contributed by atoms with Crippen molar-refractivity contribution in [2.45, 2.75) is 107 Å². The molecule has 0 N–H and O–H groups in total. The van der Waals surface area contributed by atoms with Crippen molar-refractivity contribution in [1.29, 1.82) is 0 Å². The normalized spacial score (nSPS) is 21.6. The minimum Gasteiger partial charge on any atom is -0.427 e. The highest BCUT2D eigenvalue weighted by Crippen LogP contribution is 2.35. The van der Waals surface area contributed by atoms with E-state index in [9.17, 15) is 4.79 Å². The minimum absolute atomic E-state index is 0.0277. The molecule has 0 amide bonds. The van der Waals surface area contributed by atoms with Crippen molar-refractivity contribution >= 4 is 5.97 Å². The first-order chi connectivity index (χ1) is 13.0. The second-order valence-corrected chi connectivity index (χ2v) is 7.38. The average molecular weight is 381 g/mol. The van der Waals surface area contributed by atoms with Crippen LogP contribution in [0.3, 0.4) is 0 Å². The highest BCUT2D eigenvalue weighted by atomic mass is 16.5. The van der Waals surface area contributed by atoms with Crippen molar-refractivity contribution in [3.05, 3.63) is 24.5 Å². The third-order valence-corrected chi connectivity index (χ3v) is 5.51. The molecule has 27 heavy (non-hydrogen) atoms. The van der Waals surface area contributed by atoms with Gasteiger partial charge in [-0.1, -0.05) is 74.3 Å². The summed E-state index contributed by atoms with van der Waals surface area (Å²) in [5.74, 6) is 2.99. The van der Waals surface area contributed by atoms with Gasteiger partial charge in [-0.05, 0) is 68.9 Å². The Balaban J connectivity index is 0. The minimum atomic E-state index is -0.0793. The molecule has 0 aromatic rings. The molecule has 0 aromatic carbocycles. The number of carbonyl (C=O) groups is 1. The number of allylic oxidation sites excluding steroid dienone is 2. The van der Waals surface area contributed by atoms with Gasteiger partial charge in [0, 0.05) is 0 Å². The molecule has 160 valence electrons. The number of hydrogen-bond donors (Lipinski definition) is 0. The Bertz CT molecular complexity index is 389. The monoisotopic (exact) mass is 380 g/mol. The third kappa shape index (κ3) is 12.1. The molecule has 0 spiro atoms. The van der Waals surface area contributed by atoms with Crippen molar-refractivity contribution in [2.75, 3.05) is 0 Å². The zero-order chi connectivity index (χ0) is 21.2. The Morgan fingerprint density at radius 3 is 2.07 bits per heavy atom. The topological polar surface area (TPSA) is 26.3 Å². The molecule has 1 saturated carbocycles. The predicted molar refractivity (Wildman–Crippen MR) is 121 cm³/mol. The summed E-state index contributed by atoms with van der Waals surface area (Å²) in [6, 6.07) is 0. The molecule has 1 rings (SSSR count). The van der Waals surface area contributed by atoms with E-state index in [2.05, 4.69) is 27.4 Å². The summed E-state index contributed by atoms with van der Waals surface area (Å²) in [5.41, 5.74) is 0. The van der Waals surface area contributed by atoms with Gasteiger partial charge in [0.1, 0.15) is 5.76 Å². The first-order valence-electron chi connectivity index (χ1n) is 11.5. The van der Waals surface area contributed by atoms with Gasteiger partial charge in [0.2, 0.25) is 0 Å². The van der Waals surface area contributed by atoms with Crippen LogP contribution in [-0.2, 0) is 9.53 Å². The lowest BCUT2D eigenvalue weighted by Gasteiger charge is -2.31. The Labute approximate surface area is 170 Å². The van der Waals surface area contributed by atoms with Gasteiger partial charge in [-0.15, -0.1) is 0 Å². The summed E-state index contributed by atoms with van der Waals surface area (Å²) >= 11 is 0. The van der Waals surface area contributed by atoms with E-state index < -0.39 is 0 Å². The van der Waals surface area contributed by atoms with Crippen LogP contribution in [0.1, 0.15) is 107 Å². The second-order valence-electron chi connectivity index (χ2n) is 7.38. The summed E-state index contributed by atoms with van der Waals surface area (Å²) in [6.45, 7) is 20.4. The van der Waals surface area contributed by atoms with Gasteiger partial charge in [-0.3, -0.25) is 4.79 Å². The van der Waals surface area contributed by atoms with Crippen molar-refractivity contribution in [3.8, 4) is 0 Å². The highest BCUT2D eigenvalue weighted by molar-refractivity contribution is 5.73. The van der Waals surface area contributed by atoms with Gasteiger partial charge in [0.15, 0.2) is 0 Å². The van der Waals surface area contributed by atoms with E-state index in [1.165, 1.54) is 25.7 Å². The molecule has 1 aliphatic rings. The van der Waals surface area contributed by atoms with Crippen LogP contribution in [0.15, 0.2) is 24.5 Å². The number of carbonyl (C=O) groups excluding carboxylic acids is 1. The van der Waals surface area contributed by atoms with Crippen LogP contribution in [0.25, 0.3) is 0 Å². The van der Waals surface area contributed by atoms with Crippen molar-refractivity contribution < 1.29 is 9.53 Å². The standard InChI is InChI=1S/C21H36O2.2C2H6/c1-6-9-19(21(22)23-20(7-2)8-3)15-12-17(5)18-13-10-16(4)11-14-18;2*1-2/h7-8,16-19H,2,6,9-15H2,1,3-5H3;2*1-2H3/b20-8+;;. The fourth-order valence-electron chi connectivity index (χ4n) is 3.70.